The molecule has 4 heterocycles. The Morgan fingerprint density at radius 2 is 2.00 bits per heavy atom. The number of aromatic nitrogens is 3. The van der Waals surface area contributed by atoms with Crippen LogP contribution in [0, 0.1) is 17.0 Å². The van der Waals surface area contributed by atoms with Crippen LogP contribution in [-0.4, -0.2) is 45.4 Å². The highest BCUT2D eigenvalue weighted by Gasteiger charge is 2.30. The Labute approximate surface area is 212 Å². The van der Waals surface area contributed by atoms with E-state index in [1.54, 1.807) is 19.1 Å². The van der Waals surface area contributed by atoms with Gasteiger partial charge in [0.2, 0.25) is 0 Å². The molecule has 8 nitrogen and oxygen atoms in total. The first-order valence-corrected chi connectivity index (χ1v) is 12.0. The Bertz CT molecular complexity index is 1510. The number of benzene rings is 1. The van der Waals surface area contributed by atoms with E-state index in [0.717, 1.165) is 17.7 Å². The van der Waals surface area contributed by atoms with Crippen molar-refractivity contribution in [2.24, 2.45) is 0 Å². The van der Waals surface area contributed by atoms with Gasteiger partial charge in [-0.3, -0.25) is 4.79 Å². The van der Waals surface area contributed by atoms with Crippen LogP contribution in [0.25, 0.3) is 17.0 Å². The van der Waals surface area contributed by atoms with E-state index in [9.17, 15) is 13.6 Å². The number of hydrogen-bond acceptors (Lipinski definition) is 7. The predicted molar refractivity (Wildman–Crippen MR) is 136 cm³/mol. The summed E-state index contributed by atoms with van der Waals surface area (Å²) >= 11 is 0. The second-order valence-corrected chi connectivity index (χ2v) is 9.26. The largest absolute Gasteiger partial charge is 0.370 e. The fraction of sp³-hybridized carbons (Fsp3) is 0.333. The minimum absolute atomic E-state index is 0.0113. The maximum Gasteiger partial charge on any atom is 0.265 e. The molecule has 2 aromatic heterocycles. The molecule has 0 spiro atoms. The quantitative estimate of drug-likeness (QED) is 0.411. The molecule has 2 aliphatic rings. The first-order chi connectivity index (χ1) is 17.7. The number of allylic oxidation sites excluding steroid dienone is 2. The number of nitrogens with one attached hydrogen (secondary N) is 1. The molecule has 192 valence electrons. The fourth-order valence-electron chi connectivity index (χ4n) is 4.77. The second kappa shape index (κ2) is 9.95. The Hall–Kier alpha value is -3.76. The topological polar surface area (TPSA) is 92.8 Å². The predicted octanol–water partition coefficient (Wildman–Crippen LogP) is 4.20. The molecule has 0 aliphatic carbocycles. The summed E-state index contributed by atoms with van der Waals surface area (Å²) in [5.74, 6) is -1.04. The summed E-state index contributed by atoms with van der Waals surface area (Å²) in [5, 5.41) is 7.91. The van der Waals surface area contributed by atoms with Crippen molar-refractivity contribution in [2.45, 2.75) is 46.2 Å². The Kier molecular flexibility index (Phi) is 6.70. The van der Waals surface area contributed by atoms with Gasteiger partial charge in [-0.2, -0.15) is 0 Å². The van der Waals surface area contributed by atoms with E-state index in [2.05, 4.69) is 4.98 Å². The smallest absolute Gasteiger partial charge is 0.265 e. The number of nitrogens with zero attached hydrogens (tertiary/aromatic N) is 4. The van der Waals surface area contributed by atoms with Crippen molar-refractivity contribution in [3.05, 3.63) is 81.3 Å². The van der Waals surface area contributed by atoms with Crippen molar-refractivity contribution < 1.29 is 18.3 Å². The van der Waals surface area contributed by atoms with E-state index in [0.29, 0.717) is 41.5 Å². The van der Waals surface area contributed by atoms with Crippen molar-refractivity contribution in [3.8, 4) is 11.4 Å². The van der Waals surface area contributed by atoms with Crippen LogP contribution < -0.4 is 10.5 Å². The van der Waals surface area contributed by atoms with Gasteiger partial charge in [0.05, 0.1) is 36.1 Å². The third-order valence-corrected chi connectivity index (χ3v) is 6.33. The lowest BCUT2D eigenvalue weighted by atomic mass is 10.0. The molecule has 3 aromatic rings. The van der Waals surface area contributed by atoms with Gasteiger partial charge < -0.3 is 19.8 Å². The SMILES string of the molecule is C/C=C\C(=C/C(C)=N)[C@H]1CN(c2cc3nc4c(c(=O)n3c(-c3ccc(F)cc3F)n2)COC4)CC(C)O1. The van der Waals surface area contributed by atoms with E-state index >= 15 is 0 Å². The van der Waals surface area contributed by atoms with Gasteiger partial charge in [0, 0.05) is 30.9 Å². The summed E-state index contributed by atoms with van der Waals surface area (Å²) in [5.41, 5.74) is 2.10. The molecule has 1 fully saturated rings. The summed E-state index contributed by atoms with van der Waals surface area (Å²) in [6, 6.07) is 4.87. The van der Waals surface area contributed by atoms with Crippen molar-refractivity contribution >= 4 is 17.2 Å². The Morgan fingerprint density at radius 3 is 2.73 bits per heavy atom. The molecule has 1 N–H and O–H groups in total. The molecule has 1 unspecified atom stereocenters. The zero-order chi connectivity index (χ0) is 26.3. The lowest BCUT2D eigenvalue weighted by Gasteiger charge is -2.38. The van der Waals surface area contributed by atoms with Gasteiger partial charge in [0.1, 0.15) is 29.2 Å². The van der Waals surface area contributed by atoms with E-state index in [1.165, 1.54) is 10.5 Å². The van der Waals surface area contributed by atoms with Crippen LogP contribution in [0.2, 0.25) is 0 Å². The molecule has 10 heteroatoms. The molecule has 0 saturated carbocycles. The van der Waals surface area contributed by atoms with Crippen LogP contribution in [0.3, 0.4) is 0 Å². The summed E-state index contributed by atoms with van der Waals surface area (Å²) in [7, 11) is 0. The zero-order valence-electron chi connectivity index (χ0n) is 20.8. The van der Waals surface area contributed by atoms with E-state index < -0.39 is 11.6 Å². The van der Waals surface area contributed by atoms with Crippen LogP contribution in [0.5, 0.6) is 0 Å². The third kappa shape index (κ3) is 4.82. The molecule has 0 radical (unpaired) electrons. The van der Waals surface area contributed by atoms with Crippen molar-refractivity contribution in [1.82, 2.24) is 14.4 Å². The summed E-state index contributed by atoms with van der Waals surface area (Å²) in [6.07, 6.45) is 5.05. The molecule has 1 aromatic carbocycles. The Morgan fingerprint density at radius 1 is 1.19 bits per heavy atom. The molecular formula is C27H27F2N5O3. The van der Waals surface area contributed by atoms with Crippen molar-refractivity contribution in [2.75, 3.05) is 18.0 Å². The molecule has 1 saturated heterocycles. The lowest BCUT2D eigenvalue weighted by Crippen LogP contribution is -2.47. The van der Waals surface area contributed by atoms with Crippen LogP contribution in [0.15, 0.2) is 52.9 Å². The number of rotatable bonds is 5. The first kappa shape index (κ1) is 24.9. The third-order valence-electron chi connectivity index (χ3n) is 6.33. The average molecular weight is 508 g/mol. The summed E-state index contributed by atoms with van der Waals surface area (Å²) < 4.78 is 41.6. The molecule has 5 rings (SSSR count). The summed E-state index contributed by atoms with van der Waals surface area (Å²) in [4.78, 5) is 24.7. The molecule has 2 aliphatic heterocycles. The fourth-order valence-corrected chi connectivity index (χ4v) is 4.77. The van der Waals surface area contributed by atoms with E-state index in [-0.39, 0.29) is 42.4 Å². The van der Waals surface area contributed by atoms with Crippen LogP contribution in [0.4, 0.5) is 14.6 Å². The van der Waals surface area contributed by atoms with Gasteiger partial charge in [0.25, 0.3) is 5.56 Å². The molecule has 2 atom stereocenters. The molecular weight excluding hydrogens is 480 g/mol. The highest BCUT2D eigenvalue weighted by Crippen LogP contribution is 2.29. The number of ether oxygens (including phenoxy) is 2. The highest BCUT2D eigenvalue weighted by molar-refractivity contribution is 5.91. The number of halogens is 2. The lowest BCUT2D eigenvalue weighted by molar-refractivity contribution is 0.00568. The second-order valence-electron chi connectivity index (χ2n) is 9.26. The minimum atomic E-state index is -0.831. The van der Waals surface area contributed by atoms with Gasteiger partial charge in [-0.05, 0) is 44.6 Å². The first-order valence-electron chi connectivity index (χ1n) is 12.0. The highest BCUT2D eigenvalue weighted by atomic mass is 19.1. The average Bonchev–Trinajstić information content (AvgIpc) is 3.31. The monoisotopic (exact) mass is 507 g/mol. The van der Waals surface area contributed by atoms with Gasteiger partial charge in [-0.15, -0.1) is 0 Å². The van der Waals surface area contributed by atoms with E-state index in [4.69, 9.17) is 19.9 Å². The van der Waals surface area contributed by atoms with Crippen LogP contribution in [0.1, 0.15) is 32.0 Å². The van der Waals surface area contributed by atoms with Gasteiger partial charge >= 0.3 is 0 Å². The molecule has 0 bridgehead atoms. The number of fused-ring (bicyclic) bond motifs is 2. The number of anilines is 1. The number of hydrogen-bond donors (Lipinski definition) is 1. The van der Waals surface area contributed by atoms with Gasteiger partial charge in [-0.25, -0.2) is 23.1 Å². The Balaban J connectivity index is 1.68. The van der Waals surface area contributed by atoms with Crippen molar-refractivity contribution in [3.63, 3.8) is 0 Å². The molecule has 37 heavy (non-hydrogen) atoms. The van der Waals surface area contributed by atoms with Crippen LogP contribution in [-0.2, 0) is 22.7 Å². The minimum Gasteiger partial charge on any atom is -0.370 e. The zero-order valence-corrected chi connectivity index (χ0v) is 20.8. The van der Waals surface area contributed by atoms with Crippen LogP contribution >= 0.6 is 0 Å². The number of morpholine rings is 1. The van der Waals surface area contributed by atoms with Gasteiger partial charge in [0.15, 0.2) is 5.82 Å². The maximum atomic E-state index is 15.0. The maximum absolute atomic E-state index is 15.0. The molecule has 0 amide bonds. The normalized spacial score (nSPS) is 20.1. The van der Waals surface area contributed by atoms with Gasteiger partial charge in [-0.1, -0.05) is 12.2 Å². The van der Waals surface area contributed by atoms with Crippen molar-refractivity contribution in [1.29, 1.82) is 5.41 Å². The van der Waals surface area contributed by atoms with E-state index in [1.807, 2.05) is 30.9 Å². The standard InChI is InChI=1S/C27H27F2N5O3/c1-4-5-17(8-15(2)30)23-12-33(11-16(3)37-23)24-10-25-31-22-14-36-13-20(22)27(35)34(25)26(32-24)19-7-6-18(28)9-21(19)29/h4-10,16,23,30H,11-14H2,1-3H3/b5-4-,17-8+,30-15?/t16?,23-/m1/s1. The summed E-state index contributed by atoms with van der Waals surface area (Å²) in [6.45, 7) is 6.79.